The summed E-state index contributed by atoms with van der Waals surface area (Å²) in [7, 11) is 1.95. The van der Waals surface area contributed by atoms with Gasteiger partial charge in [-0.3, -0.25) is 34.3 Å². The zero-order valence-electron chi connectivity index (χ0n) is 17.7. The number of piperidine rings is 1. The zero-order valence-corrected chi connectivity index (χ0v) is 17.7. The Morgan fingerprint density at radius 1 is 1.12 bits per heavy atom. The fraction of sp³-hybridized carbons (Fsp3) is 0.409. The molecule has 0 bridgehead atoms. The van der Waals surface area contributed by atoms with Gasteiger partial charge in [-0.15, -0.1) is 0 Å². The second-order valence-corrected chi connectivity index (χ2v) is 8.37. The zero-order chi connectivity index (χ0) is 22.4. The van der Waals surface area contributed by atoms with E-state index in [-0.39, 0.29) is 24.8 Å². The lowest BCUT2D eigenvalue weighted by atomic mass is 10.0. The number of nitrogens with one attached hydrogen (secondary N) is 2. The number of benzene rings is 1. The SMILES string of the molecule is Cn1ccnc1C1CNCCN1Cc1cccc2c1C(=O)N(C1CCC(=O)NC1=O)C2=O. The highest BCUT2D eigenvalue weighted by Gasteiger charge is 2.45. The van der Waals surface area contributed by atoms with Gasteiger partial charge in [-0.2, -0.15) is 0 Å². The van der Waals surface area contributed by atoms with Crippen LogP contribution < -0.4 is 10.6 Å². The van der Waals surface area contributed by atoms with Gasteiger partial charge in [-0.1, -0.05) is 12.1 Å². The maximum atomic E-state index is 13.4. The van der Waals surface area contributed by atoms with Crippen molar-refractivity contribution in [1.82, 2.24) is 30.0 Å². The van der Waals surface area contributed by atoms with E-state index >= 15 is 0 Å². The number of hydrogen-bond acceptors (Lipinski definition) is 7. The number of hydrogen-bond donors (Lipinski definition) is 2. The minimum atomic E-state index is -0.965. The third kappa shape index (κ3) is 3.32. The molecule has 5 rings (SSSR count). The standard InChI is InChI=1S/C22H24N6O4/c1-26-9-8-24-19(26)16-11-23-7-10-27(16)12-13-3-2-4-14-18(13)22(32)28(21(14)31)15-5-6-17(29)25-20(15)30/h2-4,8-9,15-16,23H,5-7,10-12H2,1H3,(H,25,29,30). The number of aryl methyl sites for hydroxylation is 1. The molecular weight excluding hydrogens is 412 g/mol. The van der Waals surface area contributed by atoms with E-state index in [9.17, 15) is 19.2 Å². The van der Waals surface area contributed by atoms with Crippen molar-refractivity contribution in [3.63, 3.8) is 0 Å². The largest absolute Gasteiger partial charge is 0.337 e. The normalized spacial score (nSPS) is 24.1. The summed E-state index contributed by atoms with van der Waals surface area (Å²) in [4.78, 5) is 58.0. The number of amides is 4. The average Bonchev–Trinajstić information content (AvgIpc) is 3.31. The average molecular weight is 436 g/mol. The van der Waals surface area contributed by atoms with Crippen molar-refractivity contribution in [2.24, 2.45) is 7.05 Å². The van der Waals surface area contributed by atoms with E-state index in [1.54, 1.807) is 18.3 Å². The molecule has 2 unspecified atom stereocenters. The summed E-state index contributed by atoms with van der Waals surface area (Å²) in [6, 6.07) is 4.31. The van der Waals surface area contributed by atoms with E-state index in [1.807, 2.05) is 23.9 Å². The van der Waals surface area contributed by atoms with Crippen molar-refractivity contribution in [3.8, 4) is 0 Å². The molecule has 2 N–H and O–H groups in total. The number of piperazine rings is 1. The molecule has 2 atom stereocenters. The number of imidazole rings is 1. The lowest BCUT2D eigenvalue weighted by Crippen LogP contribution is -2.54. The van der Waals surface area contributed by atoms with E-state index in [0.29, 0.717) is 17.7 Å². The minimum absolute atomic E-state index is 0.0260. The first-order valence-corrected chi connectivity index (χ1v) is 10.7. The summed E-state index contributed by atoms with van der Waals surface area (Å²) in [5, 5.41) is 5.63. The second-order valence-electron chi connectivity index (χ2n) is 8.37. The number of carbonyl (C=O) groups excluding carboxylic acids is 4. The number of aromatic nitrogens is 2. The quantitative estimate of drug-likeness (QED) is 0.647. The topological polar surface area (TPSA) is 117 Å². The fourth-order valence-electron chi connectivity index (χ4n) is 4.82. The van der Waals surface area contributed by atoms with Crippen LogP contribution in [0.1, 0.15) is 51.0 Å². The van der Waals surface area contributed by atoms with Crippen LogP contribution in [0.3, 0.4) is 0 Å². The summed E-state index contributed by atoms with van der Waals surface area (Å²) >= 11 is 0. The second kappa shape index (κ2) is 7.95. The Bertz CT molecular complexity index is 1130. The van der Waals surface area contributed by atoms with Crippen LogP contribution in [0.25, 0.3) is 0 Å². The molecule has 3 aliphatic rings. The van der Waals surface area contributed by atoms with E-state index in [0.717, 1.165) is 35.9 Å². The van der Waals surface area contributed by atoms with Crippen molar-refractivity contribution >= 4 is 23.6 Å². The van der Waals surface area contributed by atoms with E-state index in [2.05, 4.69) is 20.5 Å². The molecule has 166 valence electrons. The Hall–Kier alpha value is -3.37. The molecule has 0 aliphatic carbocycles. The van der Waals surface area contributed by atoms with Gasteiger partial charge in [-0.25, -0.2) is 4.98 Å². The molecule has 2 fully saturated rings. The van der Waals surface area contributed by atoms with E-state index < -0.39 is 23.8 Å². The minimum Gasteiger partial charge on any atom is -0.337 e. The van der Waals surface area contributed by atoms with Crippen LogP contribution >= 0.6 is 0 Å². The molecule has 1 aromatic carbocycles. The third-order valence-corrected chi connectivity index (χ3v) is 6.44. The molecule has 2 saturated heterocycles. The molecule has 2 aromatic rings. The van der Waals surface area contributed by atoms with Crippen LogP contribution in [0.4, 0.5) is 0 Å². The van der Waals surface area contributed by atoms with Crippen molar-refractivity contribution in [2.45, 2.75) is 31.5 Å². The van der Waals surface area contributed by atoms with Gasteiger partial charge < -0.3 is 9.88 Å². The van der Waals surface area contributed by atoms with Gasteiger partial charge in [-0.05, 0) is 18.1 Å². The van der Waals surface area contributed by atoms with Crippen LogP contribution in [-0.4, -0.2) is 68.7 Å². The monoisotopic (exact) mass is 436 g/mol. The molecule has 1 aromatic heterocycles. The Morgan fingerprint density at radius 2 is 1.97 bits per heavy atom. The molecule has 4 heterocycles. The highest BCUT2D eigenvalue weighted by Crippen LogP contribution is 2.32. The van der Waals surface area contributed by atoms with E-state index in [1.165, 1.54) is 0 Å². The van der Waals surface area contributed by atoms with Crippen molar-refractivity contribution in [2.75, 3.05) is 19.6 Å². The maximum Gasteiger partial charge on any atom is 0.262 e. The molecule has 0 spiro atoms. The van der Waals surface area contributed by atoms with Crippen molar-refractivity contribution in [3.05, 3.63) is 53.1 Å². The predicted molar refractivity (Wildman–Crippen MR) is 112 cm³/mol. The smallest absolute Gasteiger partial charge is 0.262 e. The van der Waals surface area contributed by atoms with Crippen LogP contribution in [0.15, 0.2) is 30.6 Å². The molecule has 0 radical (unpaired) electrons. The summed E-state index contributed by atoms with van der Waals surface area (Å²) in [5.74, 6) is -1.02. The lowest BCUT2D eigenvalue weighted by Gasteiger charge is -2.36. The fourth-order valence-corrected chi connectivity index (χ4v) is 4.82. The molecular formula is C22H24N6O4. The Balaban J connectivity index is 1.45. The molecule has 0 saturated carbocycles. The van der Waals surface area contributed by atoms with Crippen molar-refractivity contribution in [1.29, 1.82) is 0 Å². The number of rotatable bonds is 4. The first-order valence-electron chi connectivity index (χ1n) is 10.7. The van der Waals surface area contributed by atoms with Gasteiger partial charge in [0.1, 0.15) is 11.9 Å². The summed E-state index contributed by atoms with van der Waals surface area (Å²) < 4.78 is 1.99. The highest BCUT2D eigenvalue weighted by molar-refractivity contribution is 6.24. The summed E-state index contributed by atoms with van der Waals surface area (Å²) in [6.45, 7) is 2.78. The number of fused-ring (bicyclic) bond motifs is 1. The number of imide groups is 2. The molecule has 10 nitrogen and oxygen atoms in total. The van der Waals surface area contributed by atoms with Crippen LogP contribution in [0.5, 0.6) is 0 Å². The van der Waals surface area contributed by atoms with Crippen LogP contribution in [0.2, 0.25) is 0 Å². The molecule has 4 amide bonds. The molecule has 10 heteroatoms. The highest BCUT2D eigenvalue weighted by atomic mass is 16.2. The first-order chi connectivity index (χ1) is 15.5. The third-order valence-electron chi connectivity index (χ3n) is 6.44. The summed E-state index contributed by atoms with van der Waals surface area (Å²) in [5.41, 5.74) is 1.40. The predicted octanol–water partition coefficient (Wildman–Crippen LogP) is -0.0322. The Morgan fingerprint density at radius 3 is 2.72 bits per heavy atom. The van der Waals surface area contributed by atoms with Gasteiger partial charge >= 0.3 is 0 Å². The molecule has 32 heavy (non-hydrogen) atoms. The van der Waals surface area contributed by atoms with Gasteiger partial charge in [0.2, 0.25) is 11.8 Å². The Labute approximate surface area is 184 Å². The van der Waals surface area contributed by atoms with Crippen LogP contribution in [-0.2, 0) is 23.2 Å². The van der Waals surface area contributed by atoms with Gasteiger partial charge in [0.15, 0.2) is 0 Å². The Kier molecular flexibility index (Phi) is 5.10. The van der Waals surface area contributed by atoms with Gasteiger partial charge in [0.25, 0.3) is 11.8 Å². The summed E-state index contributed by atoms with van der Waals surface area (Å²) in [6.07, 6.45) is 3.91. The van der Waals surface area contributed by atoms with Crippen LogP contribution in [0, 0.1) is 0 Å². The lowest BCUT2D eigenvalue weighted by molar-refractivity contribution is -0.136. The van der Waals surface area contributed by atoms with Crippen molar-refractivity contribution < 1.29 is 19.2 Å². The first kappa shape index (κ1) is 20.5. The van der Waals surface area contributed by atoms with E-state index in [4.69, 9.17) is 0 Å². The van der Waals surface area contributed by atoms with Gasteiger partial charge in [0.05, 0.1) is 17.2 Å². The molecule has 3 aliphatic heterocycles. The number of nitrogens with zero attached hydrogens (tertiary/aromatic N) is 4. The number of carbonyl (C=O) groups is 4. The maximum absolute atomic E-state index is 13.4. The van der Waals surface area contributed by atoms with Gasteiger partial charge in [0, 0.05) is 52.0 Å².